The third-order valence-corrected chi connectivity index (χ3v) is 3.03. The van der Waals surface area contributed by atoms with Crippen molar-refractivity contribution in [1.82, 2.24) is 10.2 Å². The molecule has 102 valence electrons. The first-order valence-electron chi connectivity index (χ1n) is 5.85. The Morgan fingerprint density at radius 1 is 1.44 bits per heavy atom. The van der Waals surface area contributed by atoms with Crippen LogP contribution in [-0.4, -0.2) is 58.6 Å². The van der Waals surface area contributed by atoms with Crippen LogP contribution in [0, 0.1) is 5.92 Å². The smallest absolute Gasteiger partial charge is 0.328 e. The van der Waals surface area contributed by atoms with Crippen LogP contribution >= 0.6 is 0 Å². The zero-order valence-electron chi connectivity index (χ0n) is 10.3. The molecule has 0 aromatic carbocycles. The predicted molar refractivity (Wildman–Crippen MR) is 61.6 cm³/mol. The number of hydrogen-bond donors (Lipinski definition) is 3. The van der Waals surface area contributed by atoms with E-state index in [2.05, 4.69) is 5.32 Å². The molecule has 18 heavy (non-hydrogen) atoms. The molecule has 0 saturated carbocycles. The van der Waals surface area contributed by atoms with Crippen molar-refractivity contribution in [3.8, 4) is 0 Å². The average molecular weight is 258 g/mol. The highest BCUT2D eigenvalue weighted by Crippen LogP contribution is 2.16. The van der Waals surface area contributed by atoms with Crippen LogP contribution in [0.4, 0.5) is 0 Å². The van der Waals surface area contributed by atoms with Gasteiger partial charge >= 0.3 is 5.97 Å². The summed E-state index contributed by atoms with van der Waals surface area (Å²) in [5, 5.41) is 19.8. The Kier molecular flexibility index (Phi) is 5.08. The first-order chi connectivity index (χ1) is 8.45. The minimum Gasteiger partial charge on any atom is -0.480 e. The highest BCUT2D eigenvalue weighted by atomic mass is 16.4. The van der Waals surface area contributed by atoms with Crippen molar-refractivity contribution < 1.29 is 24.6 Å². The molecule has 7 nitrogen and oxygen atoms in total. The predicted octanol–water partition coefficient (Wildman–Crippen LogP) is -1.19. The second-order valence-electron chi connectivity index (χ2n) is 4.39. The fourth-order valence-electron chi connectivity index (χ4n) is 1.95. The van der Waals surface area contributed by atoms with Crippen molar-refractivity contribution >= 4 is 17.8 Å². The zero-order chi connectivity index (χ0) is 13.7. The van der Waals surface area contributed by atoms with Crippen LogP contribution in [0.15, 0.2) is 0 Å². The second kappa shape index (κ2) is 6.34. The largest absolute Gasteiger partial charge is 0.480 e. The SMILES string of the molecule is CC(=O)N1CCCC(C(=O)NC(CO)C(=O)O)C1. The summed E-state index contributed by atoms with van der Waals surface area (Å²) < 4.78 is 0. The Labute approximate surface area is 105 Å². The molecule has 2 amide bonds. The summed E-state index contributed by atoms with van der Waals surface area (Å²) in [5.74, 6) is -2.20. The first kappa shape index (κ1) is 14.4. The summed E-state index contributed by atoms with van der Waals surface area (Å²) in [7, 11) is 0. The Hall–Kier alpha value is -1.63. The molecule has 3 N–H and O–H groups in total. The molecule has 1 rings (SSSR count). The Morgan fingerprint density at radius 3 is 2.61 bits per heavy atom. The third-order valence-electron chi connectivity index (χ3n) is 3.03. The van der Waals surface area contributed by atoms with Crippen LogP contribution in [0.1, 0.15) is 19.8 Å². The van der Waals surface area contributed by atoms with Gasteiger partial charge in [0.15, 0.2) is 0 Å². The van der Waals surface area contributed by atoms with Crippen molar-refractivity contribution in [2.75, 3.05) is 19.7 Å². The van der Waals surface area contributed by atoms with Crippen molar-refractivity contribution in [1.29, 1.82) is 0 Å². The molecule has 1 heterocycles. The number of carbonyl (C=O) groups excluding carboxylic acids is 2. The number of carboxylic acids is 1. The maximum atomic E-state index is 11.8. The maximum Gasteiger partial charge on any atom is 0.328 e. The van der Waals surface area contributed by atoms with E-state index in [1.54, 1.807) is 4.90 Å². The van der Waals surface area contributed by atoms with Gasteiger partial charge in [-0.2, -0.15) is 0 Å². The standard InChI is InChI=1S/C11H18N2O5/c1-7(15)13-4-2-3-8(5-13)10(16)12-9(6-14)11(17)18/h8-9,14H,2-6H2,1H3,(H,12,16)(H,17,18). The molecule has 1 aliphatic heterocycles. The first-order valence-corrected chi connectivity index (χ1v) is 5.85. The lowest BCUT2D eigenvalue weighted by atomic mass is 9.97. The number of hydrogen-bond acceptors (Lipinski definition) is 4. The van der Waals surface area contributed by atoms with Gasteiger partial charge in [-0.1, -0.05) is 0 Å². The van der Waals surface area contributed by atoms with Gasteiger partial charge in [-0.25, -0.2) is 4.79 Å². The monoisotopic (exact) mass is 258 g/mol. The van der Waals surface area contributed by atoms with E-state index in [9.17, 15) is 14.4 Å². The van der Waals surface area contributed by atoms with Crippen LogP contribution < -0.4 is 5.32 Å². The summed E-state index contributed by atoms with van der Waals surface area (Å²) in [6, 6.07) is -1.29. The molecule has 0 bridgehead atoms. The fraction of sp³-hybridized carbons (Fsp3) is 0.727. The van der Waals surface area contributed by atoms with Gasteiger partial charge in [0.1, 0.15) is 6.04 Å². The number of aliphatic hydroxyl groups excluding tert-OH is 1. The molecule has 0 aromatic rings. The van der Waals surface area contributed by atoms with Gasteiger partial charge in [0.05, 0.1) is 12.5 Å². The van der Waals surface area contributed by atoms with Crippen molar-refractivity contribution in [3.05, 3.63) is 0 Å². The highest BCUT2D eigenvalue weighted by Gasteiger charge is 2.29. The molecule has 7 heteroatoms. The number of piperidine rings is 1. The van der Waals surface area contributed by atoms with E-state index in [4.69, 9.17) is 10.2 Å². The average Bonchev–Trinajstić information content (AvgIpc) is 2.35. The summed E-state index contributed by atoms with van der Waals surface area (Å²) in [6.45, 7) is 1.72. The molecule has 2 atom stereocenters. The molecule has 0 aromatic heterocycles. The third kappa shape index (κ3) is 3.69. The Bertz CT molecular complexity index is 344. The van der Waals surface area contributed by atoms with Crippen molar-refractivity contribution in [3.63, 3.8) is 0 Å². The van der Waals surface area contributed by atoms with E-state index in [0.29, 0.717) is 25.9 Å². The number of rotatable bonds is 4. The number of nitrogens with one attached hydrogen (secondary N) is 1. The lowest BCUT2D eigenvalue weighted by Crippen LogP contribution is -2.50. The van der Waals surface area contributed by atoms with Crippen LogP contribution in [0.5, 0.6) is 0 Å². The van der Waals surface area contributed by atoms with Crippen LogP contribution in [0.2, 0.25) is 0 Å². The normalized spacial score (nSPS) is 21.2. The molecule has 1 aliphatic rings. The number of aliphatic carboxylic acids is 1. The van der Waals surface area contributed by atoms with Crippen molar-refractivity contribution in [2.45, 2.75) is 25.8 Å². The van der Waals surface area contributed by atoms with Crippen LogP contribution in [-0.2, 0) is 14.4 Å². The van der Waals surface area contributed by atoms with Gasteiger partial charge in [-0.15, -0.1) is 0 Å². The zero-order valence-corrected chi connectivity index (χ0v) is 10.3. The Balaban J connectivity index is 2.55. The summed E-state index contributed by atoms with van der Waals surface area (Å²) in [6.07, 6.45) is 1.34. The number of carboxylic acid groups (broad SMARTS) is 1. The maximum absolute atomic E-state index is 11.8. The number of likely N-dealkylation sites (tertiary alicyclic amines) is 1. The van der Waals surface area contributed by atoms with E-state index in [0.717, 1.165) is 0 Å². The molecule has 1 saturated heterocycles. The molecule has 2 unspecified atom stereocenters. The van der Waals surface area contributed by atoms with Gasteiger partial charge in [0.2, 0.25) is 11.8 Å². The topological polar surface area (TPSA) is 107 Å². The molecular formula is C11H18N2O5. The van der Waals surface area contributed by atoms with Gasteiger partial charge in [-0.05, 0) is 12.8 Å². The summed E-state index contributed by atoms with van der Waals surface area (Å²) >= 11 is 0. The minimum atomic E-state index is -1.29. The number of carbonyl (C=O) groups is 3. The molecule has 0 radical (unpaired) electrons. The summed E-state index contributed by atoms with van der Waals surface area (Å²) in [5.41, 5.74) is 0. The number of amides is 2. The summed E-state index contributed by atoms with van der Waals surface area (Å²) in [4.78, 5) is 35.3. The van der Waals surface area contributed by atoms with E-state index < -0.39 is 30.4 Å². The molecule has 0 aliphatic carbocycles. The van der Waals surface area contributed by atoms with Gasteiger partial charge in [-0.3, -0.25) is 9.59 Å². The van der Waals surface area contributed by atoms with E-state index in [1.165, 1.54) is 6.92 Å². The van der Waals surface area contributed by atoms with E-state index >= 15 is 0 Å². The highest BCUT2D eigenvalue weighted by molar-refractivity contribution is 5.85. The quantitative estimate of drug-likeness (QED) is 0.587. The van der Waals surface area contributed by atoms with E-state index in [1.807, 2.05) is 0 Å². The lowest BCUT2D eigenvalue weighted by Gasteiger charge is -2.31. The van der Waals surface area contributed by atoms with Crippen LogP contribution in [0.25, 0.3) is 0 Å². The fourth-order valence-corrected chi connectivity index (χ4v) is 1.95. The Morgan fingerprint density at radius 2 is 2.11 bits per heavy atom. The second-order valence-corrected chi connectivity index (χ2v) is 4.39. The molecular weight excluding hydrogens is 240 g/mol. The lowest BCUT2D eigenvalue weighted by molar-refractivity contribution is -0.144. The van der Waals surface area contributed by atoms with Gasteiger partial charge in [0.25, 0.3) is 0 Å². The van der Waals surface area contributed by atoms with Crippen LogP contribution in [0.3, 0.4) is 0 Å². The number of aliphatic hydroxyl groups is 1. The van der Waals surface area contributed by atoms with E-state index in [-0.39, 0.29) is 5.91 Å². The van der Waals surface area contributed by atoms with Gasteiger partial charge in [0, 0.05) is 20.0 Å². The number of nitrogens with zero attached hydrogens (tertiary/aromatic N) is 1. The van der Waals surface area contributed by atoms with Crippen molar-refractivity contribution in [2.24, 2.45) is 5.92 Å². The molecule has 0 spiro atoms. The minimum absolute atomic E-state index is 0.0931. The molecule has 1 fully saturated rings. The van der Waals surface area contributed by atoms with Gasteiger partial charge < -0.3 is 20.4 Å².